The Bertz CT molecular complexity index is 290. The van der Waals surface area contributed by atoms with Crippen LogP contribution in [0.1, 0.15) is 32.6 Å². The van der Waals surface area contributed by atoms with E-state index in [1.165, 1.54) is 11.4 Å². The van der Waals surface area contributed by atoms with Gasteiger partial charge in [0.05, 0.1) is 6.10 Å². The maximum Gasteiger partial charge on any atom is 0.279 e. The van der Waals surface area contributed by atoms with Gasteiger partial charge in [-0.05, 0) is 26.2 Å². The van der Waals surface area contributed by atoms with E-state index in [2.05, 4.69) is 4.72 Å². The first-order valence-electron chi connectivity index (χ1n) is 5.35. The standard InChI is InChI=1S/C9H20N2O3S/c1-8(12)7-9-5-3-4-6-11(9)15(13,14)10-2/h8-10,12H,3-7H2,1-2H3. The average Bonchev–Trinajstić information content (AvgIpc) is 2.17. The van der Waals surface area contributed by atoms with Gasteiger partial charge >= 0.3 is 0 Å². The van der Waals surface area contributed by atoms with Crippen molar-refractivity contribution in [1.82, 2.24) is 9.03 Å². The number of hydrogen-bond acceptors (Lipinski definition) is 3. The normalized spacial score (nSPS) is 26.5. The summed E-state index contributed by atoms with van der Waals surface area (Å²) in [6, 6.07) is -0.0591. The fourth-order valence-electron chi connectivity index (χ4n) is 2.04. The largest absolute Gasteiger partial charge is 0.393 e. The molecule has 1 aliphatic rings. The molecule has 0 saturated carbocycles. The highest BCUT2D eigenvalue weighted by Gasteiger charge is 2.31. The van der Waals surface area contributed by atoms with Crippen LogP contribution in [0.4, 0.5) is 0 Å². The number of aliphatic hydroxyl groups is 1. The summed E-state index contributed by atoms with van der Waals surface area (Å²) in [5.74, 6) is 0. The molecular weight excluding hydrogens is 216 g/mol. The molecule has 6 heteroatoms. The Labute approximate surface area is 91.7 Å². The average molecular weight is 236 g/mol. The number of hydrogen-bond donors (Lipinski definition) is 2. The molecule has 0 aromatic heterocycles. The maximum atomic E-state index is 11.7. The minimum atomic E-state index is -3.34. The lowest BCUT2D eigenvalue weighted by Crippen LogP contribution is -2.48. The number of nitrogens with one attached hydrogen (secondary N) is 1. The molecule has 1 rings (SSSR count). The number of rotatable bonds is 4. The highest BCUT2D eigenvalue weighted by atomic mass is 32.2. The zero-order valence-corrected chi connectivity index (χ0v) is 10.1. The lowest BCUT2D eigenvalue weighted by molar-refractivity contribution is 0.131. The van der Waals surface area contributed by atoms with Crippen LogP contribution in [0.5, 0.6) is 0 Å². The summed E-state index contributed by atoms with van der Waals surface area (Å²) in [5.41, 5.74) is 0. The fourth-order valence-corrected chi connectivity index (χ4v) is 3.22. The molecule has 0 amide bonds. The van der Waals surface area contributed by atoms with E-state index in [4.69, 9.17) is 0 Å². The van der Waals surface area contributed by atoms with E-state index in [0.717, 1.165) is 19.3 Å². The van der Waals surface area contributed by atoms with Gasteiger partial charge in [0.2, 0.25) is 0 Å². The zero-order valence-electron chi connectivity index (χ0n) is 9.31. The lowest BCUT2D eigenvalue weighted by Gasteiger charge is -2.34. The third-order valence-electron chi connectivity index (χ3n) is 2.75. The second-order valence-corrected chi connectivity index (χ2v) is 5.88. The molecule has 2 atom stereocenters. The summed E-state index contributed by atoms with van der Waals surface area (Å²) in [6.07, 6.45) is 2.83. The van der Waals surface area contributed by atoms with Gasteiger partial charge in [-0.2, -0.15) is 12.7 Å². The van der Waals surface area contributed by atoms with E-state index < -0.39 is 16.3 Å². The molecule has 5 nitrogen and oxygen atoms in total. The van der Waals surface area contributed by atoms with Crippen molar-refractivity contribution in [3.05, 3.63) is 0 Å². The minimum Gasteiger partial charge on any atom is -0.393 e. The van der Waals surface area contributed by atoms with E-state index in [1.54, 1.807) is 6.92 Å². The molecule has 1 saturated heterocycles. The first-order valence-corrected chi connectivity index (χ1v) is 6.79. The molecule has 0 aromatic carbocycles. The van der Waals surface area contributed by atoms with E-state index >= 15 is 0 Å². The van der Waals surface area contributed by atoms with Gasteiger partial charge in [-0.25, -0.2) is 4.72 Å². The molecule has 1 heterocycles. The summed E-state index contributed by atoms with van der Waals surface area (Å²) in [7, 11) is -1.92. The van der Waals surface area contributed by atoms with Crippen molar-refractivity contribution >= 4 is 10.2 Å². The molecule has 90 valence electrons. The fraction of sp³-hybridized carbons (Fsp3) is 1.00. The molecule has 2 N–H and O–H groups in total. The molecule has 2 unspecified atom stereocenters. The summed E-state index contributed by atoms with van der Waals surface area (Å²) in [4.78, 5) is 0. The minimum absolute atomic E-state index is 0.0591. The van der Waals surface area contributed by atoms with Crippen molar-refractivity contribution in [3.63, 3.8) is 0 Å². The summed E-state index contributed by atoms with van der Waals surface area (Å²) in [6.45, 7) is 2.25. The second-order valence-electron chi connectivity index (χ2n) is 4.05. The van der Waals surface area contributed by atoms with Crippen molar-refractivity contribution in [2.45, 2.75) is 44.8 Å². The number of piperidine rings is 1. The van der Waals surface area contributed by atoms with Gasteiger partial charge in [-0.15, -0.1) is 0 Å². The second kappa shape index (κ2) is 5.25. The molecule has 1 aliphatic heterocycles. The first-order chi connectivity index (χ1) is 6.97. The van der Waals surface area contributed by atoms with Gasteiger partial charge in [0.1, 0.15) is 0 Å². The van der Waals surface area contributed by atoms with Crippen LogP contribution in [0.3, 0.4) is 0 Å². The Kier molecular flexibility index (Phi) is 4.51. The van der Waals surface area contributed by atoms with Crippen molar-refractivity contribution in [2.75, 3.05) is 13.6 Å². The topological polar surface area (TPSA) is 69.6 Å². The van der Waals surface area contributed by atoms with Crippen molar-refractivity contribution in [1.29, 1.82) is 0 Å². The molecular formula is C9H20N2O3S. The van der Waals surface area contributed by atoms with E-state index in [0.29, 0.717) is 13.0 Å². The molecule has 0 bridgehead atoms. The molecule has 0 radical (unpaired) electrons. The van der Waals surface area contributed by atoms with Gasteiger partial charge in [-0.3, -0.25) is 0 Å². The van der Waals surface area contributed by atoms with Crippen LogP contribution in [0.15, 0.2) is 0 Å². The molecule has 1 fully saturated rings. The molecule has 0 aliphatic carbocycles. The van der Waals surface area contributed by atoms with Crippen LogP contribution in [0, 0.1) is 0 Å². The Morgan fingerprint density at radius 1 is 1.53 bits per heavy atom. The monoisotopic (exact) mass is 236 g/mol. The maximum absolute atomic E-state index is 11.7. The predicted molar refractivity (Wildman–Crippen MR) is 58.6 cm³/mol. The SMILES string of the molecule is CNS(=O)(=O)N1CCCCC1CC(C)O. The zero-order chi connectivity index (χ0) is 11.5. The van der Waals surface area contributed by atoms with Gasteiger partial charge < -0.3 is 5.11 Å². The van der Waals surface area contributed by atoms with E-state index in [1.807, 2.05) is 0 Å². The molecule has 15 heavy (non-hydrogen) atoms. The highest BCUT2D eigenvalue weighted by molar-refractivity contribution is 7.87. The van der Waals surface area contributed by atoms with E-state index in [9.17, 15) is 13.5 Å². The van der Waals surface area contributed by atoms with Crippen LogP contribution < -0.4 is 4.72 Å². The summed E-state index contributed by atoms with van der Waals surface area (Å²) >= 11 is 0. The molecule has 0 aromatic rings. The van der Waals surface area contributed by atoms with Crippen LogP contribution in [-0.2, 0) is 10.2 Å². The quantitative estimate of drug-likeness (QED) is 0.726. The summed E-state index contributed by atoms with van der Waals surface area (Å²) < 4.78 is 27.2. The van der Waals surface area contributed by atoms with Crippen molar-refractivity contribution in [2.24, 2.45) is 0 Å². The van der Waals surface area contributed by atoms with Crippen LogP contribution in [0.2, 0.25) is 0 Å². The predicted octanol–water partition coefficient (Wildman–Crippen LogP) is 0.0760. The molecule has 0 spiro atoms. The van der Waals surface area contributed by atoms with Crippen LogP contribution >= 0.6 is 0 Å². The highest BCUT2D eigenvalue weighted by Crippen LogP contribution is 2.22. The smallest absolute Gasteiger partial charge is 0.279 e. The number of aliphatic hydroxyl groups excluding tert-OH is 1. The first kappa shape index (κ1) is 12.9. The van der Waals surface area contributed by atoms with Gasteiger partial charge in [0, 0.05) is 19.6 Å². The van der Waals surface area contributed by atoms with Gasteiger partial charge in [-0.1, -0.05) is 6.42 Å². The van der Waals surface area contributed by atoms with Gasteiger partial charge in [0.25, 0.3) is 10.2 Å². The van der Waals surface area contributed by atoms with Crippen LogP contribution in [0.25, 0.3) is 0 Å². The van der Waals surface area contributed by atoms with Crippen molar-refractivity contribution < 1.29 is 13.5 Å². The third-order valence-corrected chi connectivity index (χ3v) is 4.37. The Hall–Kier alpha value is -0.170. The van der Waals surface area contributed by atoms with Crippen LogP contribution in [-0.4, -0.2) is 43.6 Å². The Morgan fingerprint density at radius 2 is 2.20 bits per heavy atom. The van der Waals surface area contributed by atoms with E-state index in [-0.39, 0.29) is 6.04 Å². The number of nitrogens with zero attached hydrogens (tertiary/aromatic N) is 1. The Balaban J connectivity index is 2.74. The lowest BCUT2D eigenvalue weighted by atomic mass is 10.00. The van der Waals surface area contributed by atoms with Gasteiger partial charge in [0.15, 0.2) is 0 Å². The third kappa shape index (κ3) is 3.41. The van der Waals surface area contributed by atoms with Crippen molar-refractivity contribution in [3.8, 4) is 0 Å². The Morgan fingerprint density at radius 3 is 2.73 bits per heavy atom. The summed E-state index contributed by atoms with van der Waals surface area (Å²) in [5, 5.41) is 9.32.